The molecule has 2 aromatic rings. The predicted molar refractivity (Wildman–Crippen MR) is 68.4 cm³/mol. The molecule has 0 aliphatic heterocycles. The fourth-order valence-electron chi connectivity index (χ4n) is 1.41. The van der Waals surface area contributed by atoms with Gasteiger partial charge in [-0.15, -0.1) is 0 Å². The van der Waals surface area contributed by atoms with Crippen molar-refractivity contribution in [3.8, 4) is 17.5 Å². The predicted octanol–water partition coefficient (Wildman–Crippen LogP) is 2.09. The fourth-order valence-corrected chi connectivity index (χ4v) is 1.41. The summed E-state index contributed by atoms with van der Waals surface area (Å²) in [5.74, 6) is 0.188. The Morgan fingerprint density at radius 1 is 1.10 bits per heavy atom. The van der Waals surface area contributed by atoms with Crippen molar-refractivity contribution in [1.82, 2.24) is 9.97 Å². The lowest BCUT2D eigenvalue weighted by Gasteiger charge is -2.05. The Hall–Kier alpha value is -3.30. The average molecular weight is 292 g/mol. The molecule has 0 spiro atoms. The lowest BCUT2D eigenvalue weighted by molar-refractivity contribution is -0.385. The third kappa shape index (κ3) is 3.18. The highest BCUT2D eigenvalue weighted by molar-refractivity contribution is 5.51. The van der Waals surface area contributed by atoms with Gasteiger partial charge in [-0.3, -0.25) is 20.2 Å². The van der Waals surface area contributed by atoms with Gasteiger partial charge in [0, 0.05) is 0 Å². The Balaban J connectivity index is 2.30. The molecule has 0 radical (unpaired) electrons. The number of nitro benzene ring substituents is 1. The summed E-state index contributed by atoms with van der Waals surface area (Å²) in [6.07, 6.45) is 1.88. The molecule has 0 aliphatic carbocycles. The second kappa shape index (κ2) is 5.77. The number of aromatic nitrogens is 2. The van der Waals surface area contributed by atoms with Crippen molar-refractivity contribution in [3.63, 3.8) is 0 Å². The van der Waals surface area contributed by atoms with E-state index in [0.29, 0.717) is 5.75 Å². The zero-order chi connectivity index (χ0) is 15.4. The number of nitrogens with zero attached hydrogens (tertiary/aromatic N) is 4. The van der Waals surface area contributed by atoms with Crippen molar-refractivity contribution >= 4 is 11.4 Å². The highest BCUT2D eigenvalue weighted by Gasteiger charge is 2.18. The van der Waals surface area contributed by atoms with Crippen LogP contribution in [0.2, 0.25) is 0 Å². The van der Waals surface area contributed by atoms with Crippen LogP contribution in [0.15, 0.2) is 30.6 Å². The molecule has 0 fully saturated rings. The second-order valence-electron chi connectivity index (χ2n) is 3.67. The largest absolute Gasteiger partial charge is 0.496 e. The van der Waals surface area contributed by atoms with E-state index < -0.39 is 9.85 Å². The van der Waals surface area contributed by atoms with Crippen LogP contribution in [0, 0.1) is 20.2 Å². The number of methoxy groups -OCH3 is 1. The molecule has 0 bridgehead atoms. The lowest BCUT2D eigenvalue weighted by Crippen LogP contribution is -1.98. The average Bonchev–Trinajstić information content (AvgIpc) is 2.48. The van der Waals surface area contributed by atoms with Crippen molar-refractivity contribution in [3.05, 3.63) is 50.8 Å². The lowest BCUT2D eigenvalue weighted by atomic mass is 10.3. The van der Waals surface area contributed by atoms with E-state index in [1.54, 1.807) is 0 Å². The van der Waals surface area contributed by atoms with Gasteiger partial charge in [0.25, 0.3) is 0 Å². The summed E-state index contributed by atoms with van der Waals surface area (Å²) >= 11 is 0. The van der Waals surface area contributed by atoms with E-state index in [4.69, 9.17) is 9.47 Å². The molecule has 0 saturated heterocycles. The van der Waals surface area contributed by atoms with E-state index >= 15 is 0 Å². The first kappa shape index (κ1) is 14.1. The monoisotopic (exact) mass is 292 g/mol. The molecule has 21 heavy (non-hydrogen) atoms. The van der Waals surface area contributed by atoms with E-state index in [2.05, 4.69) is 9.97 Å². The number of hydrogen-bond acceptors (Lipinski definition) is 8. The maximum Gasteiger partial charge on any atom is 0.322 e. The van der Waals surface area contributed by atoms with E-state index in [1.807, 2.05) is 0 Å². The molecular formula is C11H8N4O6. The summed E-state index contributed by atoms with van der Waals surface area (Å²) in [6.45, 7) is 0. The van der Waals surface area contributed by atoms with Crippen molar-refractivity contribution in [2.75, 3.05) is 7.11 Å². The highest BCUT2D eigenvalue weighted by atomic mass is 16.6. The van der Waals surface area contributed by atoms with Crippen LogP contribution in [0.5, 0.6) is 17.5 Å². The number of hydrogen-bond donors (Lipinski definition) is 0. The first-order chi connectivity index (χ1) is 10.0. The maximum absolute atomic E-state index is 11.0. The summed E-state index contributed by atoms with van der Waals surface area (Å²) in [6, 6.07) is 3.73. The zero-order valence-electron chi connectivity index (χ0n) is 10.6. The Labute approximate surface area is 117 Å². The van der Waals surface area contributed by atoms with Crippen molar-refractivity contribution in [1.29, 1.82) is 0 Å². The quantitative estimate of drug-likeness (QED) is 0.604. The molecule has 0 N–H and O–H groups in total. The Morgan fingerprint density at radius 2 is 1.76 bits per heavy atom. The summed E-state index contributed by atoms with van der Waals surface area (Å²) in [5.41, 5.74) is -0.650. The fraction of sp³-hybridized carbons (Fsp3) is 0.0909. The molecule has 0 amide bonds. The Kier molecular flexibility index (Phi) is 3.88. The summed E-state index contributed by atoms with van der Waals surface area (Å²) in [7, 11) is 1.37. The van der Waals surface area contributed by atoms with Crippen molar-refractivity contribution < 1.29 is 19.3 Å². The van der Waals surface area contributed by atoms with E-state index in [1.165, 1.54) is 25.3 Å². The van der Waals surface area contributed by atoms with Gasteiger partial charge in [0.1, 0.15) is 18.1 Å². The minimum atomic E-state index is -0.667. The van der Waals surface area contributed by atoms with Gasteiger partial charge >= 0.3 is 17.4 Å². The van der Waals surface area contributed by atoms with Gasteiger partial charge in [-0.05, 0) is 12.1 Å². The molecule has 0 atom stereocenters. The molecule has 1 heterocycles. The number of nitro groups is 2. The SMILES string of the molecule is COc1ccc(Oc2ncc([N+](=O)[O-])cn2)c([N+](=O)[O-])c1. The van der Waals surface area contributed by atoms with Gasteiger partial charge in [0.2, 0.25) is 5.75 Å². The van der Waals surface area contributed by atoms with Crippen LogP contribution in [0.1, 0.15) is 0 Å². The zero-order valence-corrected chi connectivity index (χ0v) is 10.6. The molecule has 2 rings (SSSR count). The van der Waals surface area contributed by atoms with Crippen molar-refractivity contribution in [2.45, 2.75) is 0 Å². The summed E-state index contributed by atoms with van der Waals surface area (Å²) < 4.78 is 10.0. The van der Waals surface area contributed by atoms with E-state index in [9.17, 15) is 20.2 Å². The normalized spacial score (nSPS) is 9.95. The molecule has 10 heteroatoms. The van der Waals surface area contributed by atoms with Gasteiger partial charge in [0.05, 0.1) is 23.0 Å². The molecular weight excluding hydrogens is 284 g/mol. The third-order valence-electron chi connectivity index (χ3n) is 2.39. The molecule has 0 unspecified atom stereocenters. The van der Waals surface area contributed by atoms with Gasteiger partial charge in [0.15, 0.2) is 0 Å². The van der Waals surface area contributed by atoms with Crippen molar-refractivity contribution in [2.24, 2.45) is 0 Å². The highest BCUT2D eigenvalue weighted by Crippen LogP contribution is 2.33. The first-order valence-corrected chi connectivity index (χ1v) is 5.48. The van der Waals surface area contributed by atoms with Crippen LogP contribution in [0.4, 0.5) is 11.4 Å². The molecule has 10 nitrogen and oxygen atoms in total. The van der Waals surface area contributed by atoms with E-state index in [0.717, 1.165) is 12.4 Å². The van der Waals surface area contributed by atoms with Crippen LogP contribution in [0.25, 0.3) is 0 Å². The van der Waals surface area contributed by atoms with Gasteiger partial charge in [-0.2, -0.15) is 9.97 Å². The number of ether oxygens (including phenoxy) is 2. The van der Waals surface area contributed by atoms with Crippen LogP contribution in [-0.4, -0.2) is 26.9 Å². The molecule has 1 aromatic heterocycles. The summed E-state index contributed by atoms with van der Waals surface area (Å²) in [5, 5.41) is 21.4. The summed E-state index contributed by atoms with van der Waals surface area (Å²) in [4.78, 5) is 27.3. The Bertz CT molecular complexity index is 688. The molecule has 0 saturated carbocycles. The van der Waals surface area contributed by atoms with E-state index in [-0.39, 0.29) is 23.1 Å². The minimum Gasteiger partial charge on any atom is -0.496 e. The maximum atomic E-state index is 11.0. The standard InChI is InChI=1S/C11H8N4O6/c1-20-8-2-3-10(9(4-8)15(18)19)21-11-12-5-7(6-13-11)14(16)17/h2-6H,1H3. The topological polar surface area (TPSA) is 131 Å². The van der Waals surface area contributed by atoms with Gasteiger partial charge in [-0.25, -0.2) is 0 Å². The van der Waals surface area contributed by atoms with Crippen LogP contribution in [-0.2, 0) is 0 Å². The first-order valence-electron chi connectivity index (χ1n) is 5.48. The van der Waals surface area contributed by atoms with Crippen LogP contribution < -0.4 is 9.47 Å². The second-order valence-corrected chi connectivity index (χ2v) is 3.67. The smallest absolute Gasteiger partial charge is 0.322 e. The minimum absolute atomic E-state index is 0.102. The number of rotatable bonds is 5. The molecule has 0 aliphatic rings. The Morgan fingerprint density at radius 3 is 2.29 bits per heavy atom. The molecule has 1 aromatic carbocycles. The van der Waals surface area contributed by atoms with Crippen LogP contribution >= 0.6 is 0 Å². The number of benzene rings is 1. The third-order valence-corrected chi connectivity index (χ3v) is 2.39. The van der Waals surface area contributed by atoms with Crippen LogP contribution in [0.3, 0.4) is 0 Å². The van der Waals surface area contributed by atoms with Gasteiger partial charge in [-0.1, -0.05) is 0 Å². The molecule has 108 valence electrons. The van der Waals surface area contributed by atoms with Gasteiger partial charge < -0.3 is 9.47 Å².